The highest BCUT2D eigenvalue weighted by molar-refractivity contribution is 5.22. The molecule has 1 aliphatic carbocycles. The molecule has 0 spiro atoms. The second kappa shape index (κ2) is 4.65. The lowest BCUT2D eigenvalue weighted by atomic mass is 9.89. The van der Waals surface area contributed by atoms with Gasteiger partial charge < -0.3 is 4.74 Å². The fourth-order valence-electron chi connectivity index (χ4n) is 2.13. The first-order valence-electron chi connectivity index (χ1n) is 5.83. The van der Waals surface area contributed by atoms with E-state index in [1.165, 1.54) is 25.7 Å². The van der Waals surface area contributed by atoms with E-state index in [1.807, 2.05) is 25.3 Å². The number of aromatic nitrogens is 1. The van der Waals surface area contributed by atoms with E-state index in [0.717, 1.165) is 17.4 Å². The Morgan fingerprint density at radius 3 is 2.67 bits per heavy atom. The Hall–Kier alpha value is -1.05. The predicted molar refractivity (Wildman–Crippen MR) is 61.0 cm³/mol. The number of aryl methyl sites for hydroxylation is 1. The zero-order valence-electron chi connectivity index (χ0n) is 9.57. The Labute approximate surface area is 91.7 Å². The molecule has 2 rings (SSSR count). The predicted octanol–water partition coefficient (Wildman–Crippen LogP) is 3.35. The van der Waals surface area contributed by atoms with Crippen molar-refractivity contribution < 1.29 is 4.74 Å². The van der Waals surface area contributed by atoms with Gasteiger partial charge in [0.2, 0.25) is 0 Å². The van der Waals surface area contributed by atoms with Gasteiger partial charge >= 0.3 is 0 Å². The van der Waals surface area contributed by atoms with E-state index < -0.39 is 0 Å². The molecule has 1 aliphatic rings. The first-order chi connectivity index (χ1) is 7.24. The van der Waals surface area contributed by atoms with E-state index in [0.29, 0.717) is 6.10 Å². The summed E-state index contributed by atoms with van der Waals surface area (Å²) in [6.45, 7) is 4.32. The molecule has 1 heterocycles. The van der Waals surface area contributed by atoms with Crippen LogP contribution in [0.4, 0.5) is 0 Å². The molecule has 0 N–H and O–H groups in total. The molecular formula is C13H19NO. The van der Waals surface area contributed by atoms with Crippen LogP contribution in [0.3, 0.4) is 0 Å². The van der Waals surface area contributed by atoms with Crippen molar-refractivity contribution >= 4 is 0 Å². The first-order valence-corrected chi connectivity index (χ1v) is 5.83. The standard InChI is InChI=1S/C13H19NO/c1-10-3-5-12(6-4-10)15-13-7-8-14-11(2)9-13/h7-10,12H,3-6H2,1-2H3. The fourth-order valence-corrected chi connectivity index (χ4v) is 2.13. The lowest BCUT2D eigenvalue weighted by Crippen LogP contribution is -2.23. The lowest BCUT2D eigenvalue weighted by Gasteiger charge is -2.26. The summed E-state index contributed by atoms with van der Waals surface area (Å²) in [5.41, 5.74) is 1.02. The molecule has 0 unspecified atom stereocenters. The van der Waals surface area contributed by atoms with E-state index in [4.69, 9.17) is 4.74 Å². The summed E-state index contributed by atoms with van der Waals surface area (Å²) in [7, 11) is 0. The highest BCUT2D eigenvalue weighted by Gasteiger charge is 2.19. The van der Waals surface area contributed by atoms with Crippen molar-refractivity contribution in [1.29, 1.82) is 0 Å². The molecule has 1 aromatic heterocycles. The van der Waals surface area contributed by atoms with E-state index in [2.05, 4.69) is 11.9 Å². The molecule has 0 amide bonds. The SMILES string of the molecule is Cc1cc(OC2CCC(C)CC2)ccn1. The molecule has 1 saturated carbocycles. The van der Waals surface area contributed by atoms with Gasteiger partial charge in [-0.3, -0.25) is 4.98 Å². The van der Waals surface area contributed by atoms with Crippen LogP contribution >= 0.6 is 0 Å². The third-order valence-electron chi connectivity index (χ3n) is 3.13. The fraction of sp³-hybridized carbons (Fsp3) is 0.615. The topological polar surface area (TPSA) is 22.1 Å². The highest BCUT2D eigenvalue weighted by atomic mass is 16.5. The van der Waals surface area contributed by atoms with Gasteiger partial charge in [0.1, 0.15) is 5.75 Å². The van der Waals surface area contributed by atoms with E-state index in [-0.39, 0.29) is 0 Å². The third-order valence-corrected chi connectivity index (χ3v) is 3.13. The molecule has 0 radical (unpaired) electrons. The summed E-state index contributed by atoms with van der Waals surface area (Å²) in [6.07, 6.45) is 7.23. The van der Waals surface area contributed by atoms with Gasteiger partial charge in [-0.25, -0.2) is 0 Å². The van der Waals surface area contributed by atoms with Crippen molar-refractivity contribution in [2.24, 2.45) is 5.92 Å². The molecule has 0 bridgehead atoms. The largest absolute Gasteiger partial charge is 0.490 e. The molecule has 0 atom stereocenters. The van der Waals surface area contributed by atoms with E-state index in [9.17, 15) is 0 Å². The van der Waals surface area contributed by atoms with Crippen LogP contribution in [-0.2, 0) is 0 Å². The van der Waals surface area contributed by atoms with Crippen LogP contribution in [0.5, 0.6) is 5.75 Å². The Bertz CT molecular complexity index is 316. The maximum Gasteiger partial charge on any atom is 0.123 e. The molecule has 0 aliphatic heterocycles. The van der Waals surface area contributed by atoms with Gasteiger partial charge in [-0.2, -0.15) is 0 Å². The van der Waals surface area contributed by atoms with Crippen LogP contribution < -0.4 is 4.74 Å². The van der Waals surface area contributed by atoms with Crippen LogP contribution in [0.25, 0.3) is 0 Å². The number of ether oxygens (including phenoxy) is 1. The summed E-state index contributed by atoms with van der Waals surface area (Å²) in [5.74, 6) is 1.85. The maximum absolute atomic E-state index is 5.94. The average Bonchev–Trinajstić information content (AvgIpc) is 2.22. The summed E-state index contributed by atoms with van der Waals surface area (Å²) in [4.78, 5) is 4.16. The van der Waals surface area contributed by atoms with Crippen molar-refractivity contribution in [1.82, 2.24) is 4.98 Å². The van der Waals surface area contributed by atoms with Crippen molar-refractivity contribution in [3.05, 3.63) is 24.0 Å². The van der Waals surface area contributed by atoms with Gasteiger partial charge in [-0.05, 0) is 44.6 Å². The monoisotopic (exact) mass is 205 g/mol. The van der Waals surface area contributed by atoms with E-state index >= 15 is 0 Å². The lowest BCUT2D eigenvalue weighted by molar-refractivity contribution is 0.135. The Balaban J connectivity index is 1.92. The molecular weight excluding hydrogens is 186 g/mol. The highest BCUT2D eigenvalue weighted by Crippen LogP contribution is 2.27. The first kappa shape index (κ1) is 10.5. The summed E-state index contributed by atoms with van der Waals surface area (Å²) in [5, 5.41) is 0. The van der Waals surface area contributed by atoms with Gasteiger partial charge in [0.15, 0.2) is 0 Å². The van der Waals surface area contributed by atoms with Gasteiger partial charge in [0.05, 0.1) is 6.10 Å². The summed E-state index contributed by atoms with van der Waals surface area (Å²) >= 11 is 0. The number of nitrogens with zero attached hydrogens (tertiary/aromatic N) is 1. The normalized spacial score (nSPS) is 26.3. The van der Waals surface area contributed by atoms with Crippen LogP contribution in [-0.4, -0.2) is 11.1 Å². The molecule has 2 nitrogen and oxygen atoms in total. The van der Waals surface area contributed by atoms with Gasteiger partial charge in [0.25, 0.3) is 0 Å². The maximum atomic E-state index is 5.94. The number of pyridine rings is 1. The molecule has 0 saturated heterocycles. The third kappa shape index (κ3) is 2.95. The Morgan fingerprint density at radius 2 is 2.00 bits per heavy atom. The van der Waals surface area contributed by atoms with Gasteiger partial charge in [0, 0.05) is 18.0 Å². The van der Waals surface area contributed by atoms with Crippen LogP contribution in [0.1, 0.15) is 38.3 Å². The van der Waals surface area contributed by atoms with Crippen LogP contribution in [0, 0.1) is 12.8 Å². The number of hydrogen-bond acceptors (Lipinski definition) is 2. The van der Waals surface area contributed by atoms with Gasteiger partial charge in [-0.1, -0.05) is 6.92 Å². The minimum Gasteiger partial charge on any atom is -0.490 e. The molecule has 15 heavy (non-hydrogen) atoms. The second-order valence-corrected chi connectivity index (χ2v) is 4.63. The van der Waals surface area contributed by atoms with Crippen LogP contribution in [0.2, 0.25) is 0 Å². The zero-order valence-corrected chi connectivity index (χ0v) is 9.57. The second-order valence-electron chi connectivity index (χ2n) is 4.63. The van der Waals surface area contributed by atoms with Gasteiger partial charge in [-0.15, -0.1) is 0 Å². The van der Waals surface area contributed by atoms with Crippen molar-refractivity contribution in [2.75, 3.05) is 0 Å². The quantitative estimate of drug-likeness (QED) is 0.738. The Morgan fingerprint density at radius 1 is 1.27 bits per heavy atom. The van der Waals surface area contributed by atoms with E-state index in [1.54, 1.807) is 0 Å². The molecule has 1 fully saturated rings. The van der Waals surface area contributed by atoms with Crippen molar-refractivity contribution in [3.8, 4) is 5.75 Å². The number of hydrogen-bond donors (Lipinski definition) is 0. The molecule has 0 aromatic carbocycles. The molecule has 82 valence electrons. The minimum absolute atomic E-state index is 0.419. The smallest absolute Gasteiger partial charge is 0.123 e. The molecule has 1 aromatic rings. The summed E-state index contributed by atoms with van der Waals surface area (Å²) in [6, 6.07) is 3.96. The summed E-state index contributed by atoms with van der Waals surface area (Å²) < 4.78 is 5.94. The average molecular weight is 205 g/mol. The van der Waals surface area contributed by atoms with Crippen molar-refractivity contribution in [3.63, 3.8) is 0 Å². The zero-order chi connectivity index (χ0) is 10.7. The van der Waals surface area contributed by atoms with Crippen molar-refractivity contribution in [2.45, 2.75) is 45.6 Å². The molecule has 2 heteroatoms. The Kier molecular flexibility index (Phi) is 3.24. The number of rotatable bonds is 2. The minimum atomic E-state index is 0.419. The van der Waals surface area contributed by atoms with Crippen LogP contribution in [0.15, 0.2) is 18.3 Å².